The molecule has 0 aromatic heterocycles. The van der Waals surface area contributed by atoms with Crippen LogP contribution in [0.15, 0.2) is 0 Å². The number of hydrogen-bond donors (Lipinski definition) is 1. The number of fused-ring (bicyclic) bond motifs is 1. The van der Waals surface area contributed by atoms with E-state index < -0.39 is 28.9 Å². The lowest BCUT2D eigenvalue weighted by atomic mass is 9.82. The summed E-state index contributed by atoms with van der Waals surface area (Å²) in [5, 5.41) is 0. The van der Waals surface area contributed by atoms with Crippen LogP contribution in [0.3, 0.4) is 0 Å². The van der Waals surface area contributed by atoms with Gasteiger partial charge in [-0.25, -0.2) is 4.79 Å². The van der Waals surface area contributed by atoms with Crippen molar-refractivity contribution in [3.05, 3.63) is 0 Å². The molecule has 6 nitrogen and oxygen atoms in total. The van der Waals surface area contributed by atoms with Gasteiger partial charge in [-0.2, -0.15) is 0 Å². The summed E-state index contributed by atoms with van der Waals surface area (Å²) in [6.07, 6.45) is 0. The van der Waals surface area contributed by atoms with Crippen molar-refractivity contribution in [2.24, 2.45) is 27.9 Å². The maximum atomic E-state index is 12.8. The molecule has 1 aliphatic heterocycles. The highest BCUT2D eigenvalue weighted by Gasteiger charge is 2.83. The molecule has 6 heteroatoms. The van der Waals surface area contributed by atoms with Crippen LogP contribution < -0.4 is 5.73 Å². The van der Waals surface area contributed by atoms with E-state index in [4.69, 9.17) is 10.5 Å². The Bertz CT molecular complexity index is 563. The third-order valence-corrected chi connectivity index (χ3v) is 6.02. The van der Waals surface area contributed by atoms with Crippen molar-refractivity contribution < 1.29 is 19.1 Å². The molecule has 23 heavy (non-hydrogen) atoms. The molecule has 1 amide bonds. The number of esters is 1. The smallest absolute Gasteiger partial charge is 0.329 e. The fourth-order valence-corrected chi connectivity index (χ4v) is 4.45. The zero-order chi connectivity index (χ0) is 18.0. The monoisotopic (exact) mass is 324 g/mol. The first-order valence-electron chi connectivity index (χ1n) is 8.00. The van der Waals surface area contributed by atoms with Crippen LogP contribution in [0.1, 0.15) is 41.5 Å². The fourth-order valence-electron chi connectivity index (χ4n) is 4.45. The molecular formula is C17H28N2O4. The molecule has 1 aliphatic carbocycles. The molecule has 0 aromatic rings. The topological polar surface area (TPSA) is 89.7 Å². The summed E-state index contributed by atoms with van der Waals surface area (Å²) < 4.78 is 4.92. The number of methoxy groups -OCH3 is 1. The number of hydrogen-bond acceptors (Lipinski definition) is 5. The van der Waals surface area contributed by atoms with Crippen molar-refractivity contribution >= 4 is 17.7 Å². The first kappa shape index (κ1) is 17.9. The van der Waals surface area contributed by atoms with Gasteiger partial charge >= 0.3 is 5.97 Å². The summed E-state index contributed by atoms with van der Waals surface area (Å²) in [7, 11) is 1.28. The Morgan fingerprint density at radius 1 is 1.26 bits per heavy atom. The minimum Gasteiger partial charge on any atom is -0.467 e. The average Bonchev–Trinajstić information content (AvgIpc) is 2.78. The molecule has 1 saturated carbocycles. The predicted octanol–water partition coefficient (Wildman–Crippen LogP) is 0.975. The SMILES string of the molecule is COC(=O)C1N(C(=O)[C@@H](N)C(C)(C)C)CC2C(C)(C)C12C(C)=O. The lowest BCUT2D eigenvalue weighted by Crippen LogP contribution is -2.57. The Labute approximate surface area is 137 Å². The van der Waals surface area contributed by atoms with Gasteiger partial charge in [0.15, 0.2) is 0 Å². The van der Waals surface area contributed by atoms with Crippen LogP contribution >= 0.6 is 0 Å². The summed E-state index contributed by atoms with van der Waals surface area (Å²) in [5.74, 6) is -0.936. The number of ketones is 1. The number of piperidine rings is 1. The van der Waals surface area contributed by atoms with E-state index in [0.29, 0.717) is 6.54 Å². The van der Waals surface area contributed by atoms with Gasteiger partial charge in [0.2, 0.25) is 5.91 Å². The van der Waals surface area contributed by atoms with Crippen LogP contribution in [0.25, 0.3) is 0 Å². The second-order valence-electron chi connectivity index (χ2n) is 8.46. The van der Waals surface area contributed by atoms with Crippen LogP contribution in [-0.4, -0.2) is 48.3 Å². The number of nitrogens with two attached hydrogens (primary N) is 1. The van der Waals surface area contributed by atoms with Gasteiger partial charge in [-0.1, -0.05) is 34.6 Å². The molecular weight excluding hydrogens is 296 g/mol. The highest BCUT2D eigenvalue weighted by Crippen LogP contribution is 2.75. The summed E-state index contributed by atoms with van der Waals surface area (Å²) in [4.78, 5) is 39.2. The highest BCUT2D eigenvalue weighted by atomic mass is 16.5. The van der Waals surface area contributed by atoms with Crippen LogP contribution in [0.5, 0.6) is 0 Å². The molecule has 0 aromatic carbocycles. The normalized spacial score (nSPS) is 33.0. The fraction of sp³-hybridized carbons (Fsp3) is 0.824. The van der Waals surface area contributed by atoms with Gasteiger partial charge in [-0.05, 0) is 23.7 Å². The van der Waals surface area contributed by atoms with Crippen molar-refractivity contribution in [3.63, 3.8) is 0 Å². The van der Waals surface area contributed by atoms with Crippen LogP contribution in [0.2, 0.25) is 0 Å². The second kappa shape index (κ2) is 5.03. The number of nitrogens with zero attached hydrogens (tertiary/aromatic N) is 1. The predicted molar refractivity (Wildman–Crippen MR) is 85.3 cm³/mol. The zero-order valence-corrected chi connectivity index (χ0v) is 15.1. The maximum absolute atomic E-state index is 12.8. The van der Waals surface area contributed by atoms with Gasteiger partial charge in [0.1, 0.15) is 11.8 Å². The van der Waals surface area contributed by atoms with Crippen molar-refractivity contribution in [1.82, 2.24) is 4.90 Å². The van der Waals surface area contributed by atoms with E-state index in [1.165, 1.54) is 18.9 Å². The summed E-state index contributed by atoms with van der Waals surface area (Å²) in [5.41, 5.74) is 4.50. The number of carbonyl (C=O) groups is 3. The number of carbonyl (C=O) groups excluding carboxylic acids is 3. The summed E-state index contributed by atoms with van der Waals surface area (Å²) >= 11 is 0. The quantitative estimate of drug-likeness (QED) is 0.782. The molecule has 1 saturated heterocycles. The van der Waals surface area contributed by atoms with Crippen LogP contribution in [0.4, 0.5) is 0 Å². The number of ether oxygens (including phenoxy) is 1. The standard InChI is InChI=1S/C17H28N2O4/c1-9(20)17-10(16(17,5)6)8-19(12(17)14(22)23-7)13(21)11(18)15(2,3)4/h10-12H,8,18H2,1-7H3/t10?,11-,12?,17?/m1/s1. The Morgan fingerprint density at radius 2 is 1.78 bits per heavy atom. The van der Waals surface area contributed by atoms with Gasteiger partial charge in [-0.3, -0.25) is 9.59 Å². The Hall–Kier alpha value is -1.43. The third kappa shape index (κ3) is 2.14. The molecule has 2 N–H and O–H groups in total. The Morgan fingerprint density at radius 3 is 2.17 bits per heavy atom. The molecule has 2 fully saturated rings. The van der Waals surface area contributed by atoms with Crippen molar-refractivity contribution in [2.45, 2.75) is 53.6 Å². The first-order valence-corrected chi connectivity index (χ1v) is 8.00. The Kier molecular flexibility index (Phi) is 3.92. The maximum Gasteiger partial charge on any atom is 0.329 e. The van der Waals surface area contributed by atoms with Gasteiger partial charge in [0.05, 0.1) is 18.6 Å². The van der Waals surface area contributed by atoms with Gasteiger partial charge in [0, 0.05) is 6.54 Å². The van der Waals surface area contributed by atoms with Crippen molar-refractivity contribution in [1.29, 1.82) is 0 Å². The largest absolute Gasteiger partial charge is 0.467 e. The molecule has 130 valence electrons. The number of amides is 1. The minimum atomic E-state index is -0.883. The molecule has 1 heterocycles. The third-order valence-electron chi connectivity index (χ3n) is 6.02. The molecule has 2 rings (SSSR count). The van der Waals surface area contributed by atoms with Crippen molar-refractivity contribution in [3.8, 4) is 0 Å². The van der Waals surface area contributed by atoms with Crippen LogP contribution in [0, 0.1) is 22.2 Å². The first-order chi connectivity index (χ1) is 10.3. The summed E-state index contributed by atoms with van der Waals surface area (Å²) in [6.45, 7) is 11.4. The molecule has 0 spiro atoms. The molecule has 3 unspecified atom stereocenters. The second-order valence-corrected chi connectivity index (χ2v) is 8.46. The van der Waals surface area contributed by atoms with Crippen LogP contribution in [-0.2, 0) is 19.1 Å². The van der Waals surface area contributed by atoms with E-state index in [9.17, 15) is 14.4 Å². The van der Waals surface area contributed by atoms with Gasteiger partial charge in [-0.15, -0.1) is 0 Å². The lowest BCUT2D eigenvalue weighted by Gasteiger charge is -2.37. The molecule has 4 atom stereocenters. The minimum absolute atomic E-state index is 0.0345. The van der Waals surface area contributed by atoms with Crippen molar-refractivity contribution in [2.75, 3.05) is 13.7 Å². The van der Waals surface area contributed by atoms with E-state index in [1.54, 1.807) is 0 Å². The number of rotatable bonds is 3. The lowest BCUT2D eigenvalue weighted by molar-refractivity contribution is -0.158. The highest BCUT2D eigenvalue weighted by molar-refractivity contribution is 5.99. The number of Topliss-reactive ketones (excluding diaryl/α,β-unsaturated/α-hetero) is 1. The zero-order valence-electron chi connectivity index (χ0n) is 15.1. The Balaban J connectivity index is 2.43. The van der Waals surface area contributed by atoms with Gasteiger partial charge < -0.3 is 15.4 Å². The molecule has 0 bridgehead atoms. The van der Waals surface area contributed by atoms with E-state index in [-0.39, 0.29) is 23.0 Å². The summed E-state index contributed by atoms with van der Waals surface area (Å²) in [6, 6.07) is -1.62. The number of likely N-dealkylation sites (tertiary alicyclic amines) is 1. The van der Waals surface area contributed by atoms with E-state index in [0.717, 1.165) is 0 Å². The van der Waals surface area contributed by atoms with E-state index in [2.05, 4.69) is 0 Å². The average molecular weight is 324 g/mol. The molecule has 2 aliphatic rings. The van der Waals surface area contributed by atoms with E-state index >= 15 is 0 Å². The van der Waals surface area contributed by atoms with E-state index in [1.807, 2.05) is 34.6 Å². The van der Waals surface area contributed by atoms with Gasteiger partial charge in [0.25, 0.3) is 0 Å². The molecule has 0 radical (unpaired) electrons.